The zero-order chi connectivity index (χ0) is 20.8. The lowest BCUT2D eigenvalue weighted by molar-refractivity contribution is 0.386. The zero-order valence-corrected chi connectivity index (χ0v) is 18.3. The van der Waals surface area contributed by atoms with Gasteiger partial charge in [-0.2, -0.15) is 8.42 Å². The van der Waals surface area contributed by atoms with E-state index in [1.807, 2.05) is 38.1 Å². The molecule has 0 amide bonds. The first kappa shape index (κ1) is 19.7. The highest BCUT2D eigenvalue weighted by Crippen LogP contribution is 2.34. The van der Waals surface area contributed by atoms with Crippen LogP contribution in [0.15, 0.2) is 52.4 Å². The fraction of sp³-hybridized carbons (Fsp3) is 0.348. The molecule has 0 spiro atoms. The Hall–Kier alpha value is -2.60. The van der Waals surface area contributed by atoms with Crippen LogP contribution in [0, 0.1) is 20.8 Å². The van der Waals surface area contributed by atoms with Crippen molar-refractivity contribution < 1.29 is 8.42 Å². The Labute approximate surface area is 173 Å². The fourth-order valence-electron chi connectivity index (χ4n) is 4.11. The van der Waals surface area contributed by atoms with E-state index < -0.39 is 10.0 Å². The Morgan fingerprint density at radius 3 is 2.03 bits per heavy atom. The van der Waals surface area contributed by atoms with E-state index in [0.717, 1.165) is 37.3 Å². The van der Waals surface area contributed by atoms with Crippen LogP contribution in [0.25, 0.3) is 4.91 Å². The molecule has 2 aromatic rings. The minimum atomic E-state index is -3.67. The minimum absolute atomic E-state index is 0.337. The van der Waals surface area contributed by atoms with Gasteiger partial charge in [0, 0.05) is 37.4 Å². The Kier molecular flexibility index (Phi) is 4.99. The van der Waals surface area contributed by atoms with E-state index in [2.05, 4.69) is 46.2 Å². The highest BCUT2D eigenvalue weighted by Gasteiger charge is 2.34. The third-order valence-electron chi connectivity index (χ3n) is 5.74. The molecule has 0 N–H and O–H groups in total. The van der Waals surface area contributed by atoms with Gasteiger partial charge in [-0.15, -0.1) is 4.40 Å². The van der Waals surface area contributed by atoms with Gasteiger partial charge in [0.15, 0.2) is 0 Å². The van der Waals surface area contributed by atoms with Crippen molar-refractivity contribution in [1.29, 1.82) is 0 Å². The molecule has 152 valence electrons. The molecule has 2 aliphatic rings. The molecular formula is C23H27N3O2S. The van der Waals surface area contributed by atoms with Gasteiger partial charge in [0.1, 0.15) is 10.7 Å². The molecule has 6 heteroatoms. The number of hydrogen-bond acceptors (Lipinski definition) is 4. The standard InChI is InChI=1S/C23H27N3O2S/c1-16-6-9-20(10-7-16)22-19(4)23(24-29(22,27)28)26-13-11-25(12-14-26)21-15-17(2)5-8-18(21)3/h5-10,15H,11-14H2,1-4H3. The molecule has 1 fully saturated rings. The van der Waals surface area contributed by atoms with Crippen LogP contribution < -0.4 is 4.90 Å². The molecule has 1 saturated heterocycles. The largest absolute Gasteiger partial charge is 0.368 e. The van der Waals surface area contributed by atoms with Gasteiger partial charge >= 0.3 is 0 Å². The van der Waals surface area contributed by atoms with Gasteiger partial charge < -0.3 is 9.80 Å². The number of hydrogen-bond donors (Lipinski definition) is 0. The van der Waals surface area contributed by atoms with Crippen molar-refractivity contribution >= 4 is 26.5 Å². The summed E-state index contributed by atoms with van der Waals surface area (Å²) in [5.74, 6) is 0.598. The number of piperazine rings is 1. The number of nitrogens with zero attached hydrogens (tertiary/aromatic N) is 3. The first-order valence-electron chi connectivity index (χ1n) is 9.97. The summed E-state index contributed by atoms with van der Waals surface area (Å²) >= 11 is 0. The maximum atomic E-state index is 12.8. The molecular weight excluding hydrogens is 382 g/mol. The van der Waals surface area contributed by atoms with Crippen LogP contribution in [0.3, 0.4) is 0 Å². The van der Waals surface area contributed by atoms with E-state index in [1.165, 1.54) is 16.8 Å². The van der Waals surface area contributed by atoms with Crippen LogP contribution in [-0.4, -0.2) is 45.3 Å². The zero-order valence-electron chi connectivity index (χ0n) is 17.4. The van der Waals surface area contributed by atoms with Crippen LogP contribution in [-0.2, 0) is 10.0 Å². The highest BCUT2D eigenvalue weighted by molar-refractivity contribution is 8.00. The van der Waals surface area contributed by atoms with Crippen LogP contribution in [0.5, 0.6) is 0 Å². The summed E-state index contributed by atoms with van der Waals surface area (Å²) in [7, 11) is -3.67. The lowest BCUT2D eigenvalue weighted by atomic mass is 10.1. The van der Waals surface area contributed by atoms with E-state index in [0.29, 0.717) is 16.3 Å². The molecule has 2 aliphatic heterocycles. The predicted octanol–water partition coefficient (Wildman–Crippen LogP) is 3.91. The molecule has 0 unspecified atom stereocenters. The van der Waals surface area contributed by atoms with Crippen molar-refractivity contribution in [3.05, 3.63) is 70.3 Å². The molecule has 0 atom stereocenters. The molecule has 2 aromatic carbocycles. The summed E-state index contributed by atoms with van der Waals surface area (Å²) in [5.41, 5.74) is 6.34. The van der Waals surface area contributed by atoms with Crippen molar-refractivity contribution in [2.24, 2.45) is 4.40 Å². The van der Waals surface area contributed by atoms with Crippen LogP contribution in [0.4, 0.5) is 5.69 Å². The first-order chi connectivity index (χ1) is 13.8. The maximum Gasteiger partial charge on any atom is 0.285 e. The summed E-state index contributed by atoms with van der Waals surface area (Å²) in [5, 5.41) is 0. The molecule has 2 heterocycles. The highest BCUT2D eigenvalue weighted by atomic mass is 32.2. The number of benzene rings is 2. The van der Waals surface area contributed by atoms with Gasteiger partial charge in [-0.25, -0.2) is 0 Å². The first-order valence-corrected chi connectivity index (χ1v) is 11.4. The topological polar surface area (TPSA) is 53.0 Å². The van der Waals surface area contributed by atoms with E-state index in [1.54, 1.807) is 0 Å². The Morgan fingerprint density at radius 2 is 1.38 bits per heavy atom. The summed E-state index contributed by atoms with van der Waals surface area (Å²) < 4.78 is 29.7. The van der Waals surface area contributed by atoms with Crippen LogP contribution in [0.1, 0.15) is 29.2 Å². The second-order valence-electron chi connectivity index (χ2n) is 7.97. The van der Waals surface area contributed by atoms with Crippen LogP contribution >= 0.6 is 0 Å². The van der Waals surface area contributed by atoms with E-state index in [9.17, 15) is 8.42 Å². The lowest BCUT2D eigenvalue weighted by Gasteiger charge is -2.38. The van der Waals surface area contributed by atoms with E-state index in [-0.39, 0.29) is 0 Å². The predicted molar refractivity (Wildman–Crippen MR) is 120 cm³/mol. The summed E-state index contributed by atoms with van der Waals surface area (Å²) in [6.45, 7) is 11.3. The summed E-state index contributed by atoms with van der Waals surface area (Å²) in [6, 6.07) is 14.1. The van der Waals surface area contributed by atoms with Gasteiger partial charge in [0.05, 0.1) is 0 Å². The maximum absolute atomic E-state index is 12.8. The van der Waals surface area contributed by atoms with E-state index in [4.69, 9.17) is 0 Å². The Balaban J connectivity index is 1.57. The molecule has 29 heavy (non-hydrogen) atoms. The second kappa shape index (κ2) is 7.34. The average molecular weight is 410 g/mol. The quantitative estimate of drug-likeness (QED) is 0.755. The van der Waals surface area contributed by atoms with Gasteiger partial charge in [-0.1, -0.05) is 42.0 Å². The Bertz CT molecular complexity index is 1110. The third kappa shape index (κ3) is 3.69. The van der Waals surface area contributed by atoms with Crippen molar-refractivity contribution in [3.8, 4) is 0 Å². The van der Waals surface area contributed by atoms with Crippen molar-refractivity contribution in [2.45, 2.75) is 27.7 Å². The van der Waals surface area contributed by atoms with Gasteiger partial charge in [-0.05, 0) is 50.5 Å². The molecule has 0 radical (unpaired) electrons. The SMILES string of the molecule is CC1=C(c2ccc(C)cc2)S(=O)(=O)N=C1N1CCN(c2cc(C)ccc2C)CC1. The average Bonchev–Trinajstić information content (AvgIpc) is 2.94. The smallest absolute Gasteiger partial charge is 0.285 e. The third-order valence-corrected chi connectivity index (χ3v) is 7.21. The fourth-order valence-corrected chi connectivity index (χ4v) is 5.59. The molecule has 0 aliphatic carbocycles. The van der Waals surface area contributed by atoms with Crippen molar-refractivity contribution in [1.82, 2.24) is 4.90 Å². The van der Waals surface area contributed by atoms with E-state index >= 15 is 0 Å². The number of rotatable bonds is 2. The monoisotopic (exact) mass is 409 g/mol. The number of sulfonamides is 1. The molecule has 0 saturated carbocycles. The van der Waals surface area contributed by atoms with Gasteiger partial charge in [0.25, 0.3) is 10.0 Å². The van der Waals surface area contributed by atoms with Gasteiger partial charge in [0.2, 0.25) is 0 Å². The summed E-state index contributed by atoms with van der Waals surface area (Å²) in [6.07, 6.45) is 0. The number of amidine groups is 1. The molecule has 0 bridgehead atoms. The lowest BCUT2D eigenvalue weighted by Crippen LogP contribution is -2.49. The summed E-state index contributed by atoms with van der Waals surface area (Å²) in [4.78, 5) is 4.82. The van der Waals surface area contributed by atoms with Crippen LogP contribution in [0.2, 0.25) is 0 Å². The van der Waals surface area contributed by atoms with Crippen molar-refractivity contribution in [3.63, 3.8) is 0 Å². The molecule has 4 rings (SSSR count). The Morgan fingerprint density at radius 1 is 0.793 bits per heavy atom. The van der Waals surface area contributed by atoms with Crippen molar-refractivity contribution in [2.75, 3.05) is 31.1 Å². The number of aryl methyl sites for hydroxylation is 3. The molecule has 0 aromatic heterocycles. The van der Waals surface area contributed by atoms with Gasteiger partial charge in [-0.3, -0.25) is 0 Å². The second-order valence-corrected chi connectivity index (χ2v) is 9.52. The number of anilines is 1. The minimum Gasteiger partial charge on any atom is -0.368 e. The normalized spacial score (nSPS) is 19.0. The molecule has 5 nitrogen and oxygen atoms in total.